The molecular weight excluding hydrogens is 418 g/mol. The summed E-state index contributed by atoms with van der Waals surface area (Å²) >= 11 is 1.57. The third-order valence-corrected chi connectivity index (χ3v) is 7.39. The fourth-order valence-electron chi connectivity index (χ4n) is 3.11. The van der Waals surface area contributed by atoms with Crippen LogP contribution in [0.4, 0.5) is 0 Å². The van der Waals surface area contributed by atoms with Crippen molar-refractivity contribution in [1.82, 2.24) is 4.90 Å². The molecule has 30 heavy (non-hydrogen) atoms. The summed E-state index contributed by atoms with van der Waals surface area (Å²) < 4.78 is 30.7. The van der Waals surface area contributed by atoms with Crippen LogP contribution in [0.1, 0.15) is 22.4 Å². The molecular formula is C23H25NO4S2. The molecule has 0 aliphatic rings. The number of nitrogens with zero attached hydrogens (tertiary/aromatic N) is 1. The van der Waals surface area contributed by atoms with Gasteiger partial charge in [0.1, 0.15) is 5.75 Å². The predicted octanol–water partition coefficient (Wildman–Crippen LogP) is 4.46. The standard InChI is InChI=1S/C23H25NO4S2/c1-18-9-11-21(12-10-18)30(26,27)15-13-23(25)24(17-20-7-5-14-29-20)16-19-6-3-4-8-22(19)28-2/h3-12,14H,13,15-17H2,1-2H3. The van der Waals surface area contributed by atoms with Crippen LogP contribution in [0.2, 0.25) is 0 Å². The lowest BCUT2D eigenvalue weighted by atomic mass is 10.1. The topological polar surface area (TPSA) is 63.7 Å². The molecule has 5 nitrogen and oxygen atoms in total. The third kappa shape index (κ3) is 5.70. The van der Waals surface area contributed by atoms with E-state index in [4.69, 9.17) is 4.74 Å². The molecule has 0 aliphatic heterocycles. The Morgan fingerprint density at radius 2 is 1.73 bits per heavy atom. The number of hydrogen-bond donors (Lipinski definition) is 0. The van der Waals surface area contributed by atoms with Gasteiger partial charge in [0.25, 0.3) is 0 Å². The van der Waals surface area contributed by atoms with Gasteiger partial charge in [-0.2, -0.15) is 0 Å². The summed E-state index contributed by atoms with van der Waals surface area (Å²) in [6.07, 6.45) is -0.0727. The number of thiophene rings is 1. The van der Waals surface area contributed by atoms with Crippen LogP contribution in [0.25, 0.3) is 0 Å². The number of para-hydroxylation sites is 1. The first-order chi connectivity index (χ1) is 14.4. The Balaban J connectivity index is 1.75. The van der Waals surface area contributed by atoms with E-state index in [2.05, 4.69) is 0 Å². The van der Waals surface area contributed by atoms with Crippen LogP contribution in [-0.4, -0.2) is 32.1 Å². The lowest BCUT2D eigenvalue weighted by Crippen LogP contribution is -2.31. The second-order valence-electron chi connectivity index (χ2n) is 7.02. The van der Waals surface area contributed by atoms with Gasteiger partial charge in [0.15, 0.2) is 9.84 Å². The number of methoxy groups -OCH3 is 1. The number of benzene rings is 2. The van der Waals surface area contributed by atoms with E-state index in [1.54, 1.807) is 47.6 Å². The van der Waals surface area contributed by atoms with Gasteiger partial charge in [-0.3, -0.25) is 4.79 Å². The number of carbonyl (C=O) groups is 1. The number of ether oxygens (including phenoxy) is 1. The van der Waals surface area contributed by atoms with Crippen molar-refractivity contribution in [3.63, 3.8) is 0 Å². The van der Waals surface area contributed by atoms with Gasteiger partial charge in [-0.1, -0.05) is 42.0 Å². The van der Waals surface area contributed by atoms with Crippen molar-refractivity contribution in [2.75, 3.05) is 12.9 Å². The summed E-state index contributed by atoms with van der Waals surface area (Å²) in [6, 6.07) is 18.2. The molecule has 1 aromatic heterocycles. The summed E-state index contributed by atoms with van der Waals surface area (Å²) in [7, 11) is -1.93. The molecule has 1 amide bonds. The Labute approximate surface area is 181 Å². The summed E-state index contributed by atoms with van der Waals surface area (Å²) in [6.45, 7) is 2.69. The maximum atomic E-state index is 13.0. The number of aryl methyl sites for hydroxylation is 1. The molecule has 1 heterocycles. The highest BCUT2D eigenvalue weighted by Gasteiger charge is 2.21. The number of sulfone groups is 1. The molecule has 0 spiro atoms. The molecule has 0 bridgehead atoms. The van der Waals surface area contributed by atoms with E-state index in [9.17, 15) is 13.2 Å². The van der Waals surface area contributed by atoms with Gasteiger partial charge >= 0.3 is 0 Å². The van der Waals surface area contributed by atoms with Gasteiger partial charge in [-0.25, -0.2) is 8.42 Å². The number of carbonyl (C=O) groups excluding carboxylic acids is 1. The molecule has 0 aliphatic carbocycles. The maximum Gasteiger partial charge on any atom is 0.224 e. The smallest absolute Gasteiger partial charge is 0.224 e. The van der Waals surface area contributed by atoms with Crippen molar-refractivity contribution in [2.45, 2.75) is 31.3 Å². The first-order valence-electron chi connectivity index (χ1n) is 9.60. The molecule has 158 valence electrons. The van der Waals surface area contributed by atoms with Crippen LogP contribution in [0, 0.1) is 6.92 Å². The number of hydrogen-bond acceptors (Lipinski definition) is 5. The highest BCUT2D eigenvalue weighted by atomic mass is 32.2. The van der Waals surface area contributed by atoms with E-state index in [1.807, 2.05) is 48.7 Å². The Hall–Kier alpha value is -2.64. The Morgan fingerprint density at radius 1 is 1.00 bits per heavy atom. The van der Waals surface area contributed by atoms with Gasteiger partial charge in [0, 0.05) is 23.4 Å². The average Bonchev–Trinajstić information content (AvgIpc) is 3.25. The van der Waals surface area contributed by atoms with Gasteiger partial charge in [-0.05, 0) is 36.6 Å². The molecule has 2 aromatic carbocycles. The normalized spacial score (nSPS) is 11.3. The van der Waals surface area contributed by atoms with Gasteiger partial charge in [0.2, 0.25) is 5.91 Å². The quantitative estimate of drug-likeness (QED) is 0.490. The van der Waals surface area contributed by atoms with Gasteiger partial charge in [-0.15, -0.1) is 11.3 Å². The van der Waals surface area contributed by atoms with Crippen LogP contribution in [-0.2, 0) is 27.7 Å². The molecule has 0 saturated carbocycles. The summed E-state index contributed by atoms with van der Waals surface area (Å²) in [5, 5.41) is 1.96. The minimum Gasteiger partial charge on any atom is -0.496 e. The highest BCUT2D eigenvalue weighted by Crippen LogP contribution is 2.22. The summed E-state index contributed by atoms with van der Waals surface area (Å²) in [5.74, 6) is 0.278. The van der Waals surface area contributed by atoms with Crippen LogP contribution in [0.3, 0.4) is 0 Å². The van der Waals surface area contributed by atoms with Gasteiger partial charge in [0.05, 0.1) is 24.3 Å². The second kappa shape index (κ2) is 9.91. The molecule has 0 N–H and O–H groups in total. The lowest BCUT2D eigenvalue weighted by molar-refractivity contribution is -0.132. The van der Waals surface area contributed by atoms with E-state index in [-0.39, 0.29) is 23.0 Å². The largest absolute Gasteiger partial charge is 0.496 e. The van der Waals surface area contributed by atoms with Crippen LogP contribution >= 0.6 is 11.3 Å². The van der Waals surface area contributed by atoms with E-state index < -0.39 is 9.84 Å². The zero-order chi connectivity index (χ0) is 21.6. The summed E-state index contributed by atoms with van der Waals surface area (Å²) in [5.41, 5.74) is 1.87. The van der Waals surface area contributed by atoms with Crippen LogP contribution in [0.5, 0.6) is 5.75 Å². The van der Waals surface area contributed by atoms with E-state index in [0.29, 0.717) is 18.8 Å². The monoisotopic (exact) mass is 443 g/mol. The first-order valence-corrected chi connectivity index (χ1v) is 12.1. The Kier molecular flexibility index (Phi) is 7.29. The molecule has 0 saturated heterocycles. The minimum absolute atomic E-state index is 0.0727. The summed E-state index contributed by atoms with van der Waals surface area (Å²) in [4.78, 5) is 16.0. The molecule has 0 radical (unpaired) electrons. The SMILES string of the molecule is COc1ccccc1CN(Cc1cccs1)C(=O)CCS(=O)(=O)c1ccc(C)cc1. The zero-order valence-electron chi connectivity index (χ0n) is 17.1. The van der Waals surface area contributed by atoms with Crippen molar-refractivity contribution < 1.29 is 17.9 Å². The number of rotatable bonds is 9. The molecule has 3 rings (SSSR count). The molecule has 3 aromatic rings. The van der Waals surface area contributed by atoms with Crippen LogP contribution in [0.15, 0.2) is 70.9 Å². The van der Waals surface area contributed by atoms with Crippen molar-refractivity contribution in [2.24, 2.45) is 0 Å². The fraction of sp³-hybridized carbons (Fsp3) is 0.261. The third-order valence-electron chi connectivity index (χ3n) is 4.80. The van der Waals surface area contributed by atoms with Crippen molar-refractivity contribution >= 4 is 27.1 Å². The maximum absolute atomic E-state index is 13.0. The first kappa shape index (κ1) is 22.1. The molecule has 0 atom stereocenters. The zero-order valence-corrected chi connectivity index (χ0v) is 18.7. The van der Waals surface area contributed by atoms with Crippen molar-refractivity contribution in [1.29, 1.82) is 0 Å². The van der Waals surface area contributed by atoms with Crippen molar-refractivity contribution in [3.8, 4) is 5.75 Å². The lowest BCUT2D eigenvalue weighted by Gasteiger charge is -2.23. The van der Waals surface area contributed by atoms with Crippen molar-refractivity contribution in [3.05, 3.63) is 82.0 Å². The van der Waals surface area contributed by atoms with E-state index in [0.717, 1.165) is 16.0 Å². The Morgan fingerprint density at radius 3 is 2.40 bits per heavy atom. The van der Waals surface area contributed by atoms with Crippen LogP contribution < -0.4 is 4.74 Å². The second-order valence-corrected chi connectivity index (χ2v) is 10.2. The molecule has 0 fully saturated rings. The average molecular weight is 444 g/mol. The highest BCUT2D eigenvalue weighted by molar-refractivity contribution is 7.91. The number of amides is 1. The fourth-order valence-corrected chi connectivity index (χ4v) is 5.05. The molecule has 7 heteroatoms. The van der Waals surface area contributed by atoms with Gasteiger partial charge < -0.3 is 9.64 Å². The molecule has 0 unspecified atom stereocenters. The van der Waals surface area contributed by atoms with E-state index in [1.165, 1.54) is 0 Å². The Bertz CT molecular complexity index is 1070. The van der Waals surface area contributed by atoms with E-state index >= 15 is 0 Å². The predicted molar refractivity (Wildman–Crippen MR) is 119 cm³/mol. The minimum atomic E-state index is -3.52.